The number of nitrogens with one attached hydrogen (secondary N) is 1. The first-order chi connectivity index (χ1) is 10.1. The summed E-state index contributed by atoms with van der Waals surface area (Å²) in [6, 6.07) is 5.24. The molecule has 1 aromatic rings. The van der Waals surface area contributed by atoms with E-state index in [1.165, 1.54) is 13.2 Å². The minimum absolute atomic E-state index is 0.0542. The van der Waals surface area contributed by atoms with E-state index in [0.29, 0.717) is 25.2 Å². The van der Waals surface area contributed by atoms with Gasteiger partial charge in [-0.2, -0.15) is 0 Å². The third-order valence-electron chi connectivity index (χ3n) is 3.48. The first-order valence-electron chi connectivity index (χ1n) is 6.81. The highest BCUT2D eigenvalue weighted by Gasteiger charge is 2.29. The molecule has 2 rings (SSSR count). The number of halogens is 1. The third-order valence-corrected chi connectivity index (χ3v) is 3.48. The van der Waals surface area contributed by atoms with E-state index in [2.05, 4.69) is 10.1 Å². The molecule has 1 aromatic carbocycles. The number of amides is 1. The Balaban J connectivity index is 2.06. The normalized spacial score (nSPS) is 19.0. The lowest BCUT2D eigenvalue weighted by Crippen LogP contribution is -2.45. The Morgan fingerprint density at radius 1 is 1.48 bits per heavy atom. The molecular weight excluding hydrogens is 277 g/mol. The molecule has 0 spiro atoms. The Bertz CT molecular complexity index is 514. The van der Waals surface area contributed by atoms with Crippen LogP contribution in [0.15, 0.2) is 24.3 Å². The number of benzene rings is 1. The highest BCUT2D eigenvalue weighted by molar-refractivity contribution is 5.86. The van der Waals surface area contributed by atoms with Gasteiger partial charge < -0.3 is 14.8 Å². The molecule has 0 radical (unpaired) electrons. The van der Waals surface area contributed by atoms with Crippen molar-refractivity contribution in [3.05, 3.63) is 35.6 Å². The van der Waals surface area contributed by atoms with E-state index in [0.717, 1.165) is 0 Å². The SMILES string of the molecule is COC(=O)[C@@H](Cc1ccccc1F)NC(=O)[C@H]1CCOC1. The second kappa shape index (κ2) is 7.17. The number of esters is 1. The zero-order chi connectivity index (χ0) is 15.2. The first-order valence-corrected chi connectivity index (χ1v) is 6.81. The molecule has 0 unspecified atom stereocenters. The molecule has 1 aliphatic heterocycles. The lowest BCUT2D eigenvalue weighted by atomic mass is 10.0. The number of methoxy groups -OCH3 is 1. The van der Waals surface area contributed by atoms with Crippen LogP contribution in [0.4, 0.5) is 4.39 Å². The number of rotatable bonds is 5. The molecule has 6 heteroatoms. The van der Waals surface area contributed by atoms with Crippen LogP contribution in [-0.2, 0) is 25.5 Å². The molecule has 21 heavy (non-hydrogen) atoms. The van der Waals surface area contributed by atoms with Gasteiger partial charge in [-0.15, -0.1) is 0 Å². The Labute approximate surface area is 122 Å². The van der Waals surface area contributed by atoms with Crippen molar-refractivity contribution in [2.45, 2.75) is 18.9 Å². The Kier molecular flexibility index (Phi) is 5.27. The smallest absolute Gasteiger partial charge is 0.328 e. The highest BCUT2D eigenvalue weighted by atomic mass is 19.1. The van der Waals surface area contributed by atoms with Gasteiger partial charge in [0.2, 0.25) is 5.91 Å². The van der Waals surface area contributed by atoms with E-state index >= 15 is 0 Å². The minimum atomic E-state index is -0.903. The van der Waals surface area contributed by atoms with E-state index in [-0.39, 0.29) is 18.2 Å². The maximum atomic E-state index is 13.7. The monoisotopic (exact) mass is 295 g/mol. The maximum Gasteiger partial charge on any atom is 0.328 e. The quantitative estimate of drug-likeness (QED) is 0.825. The number of hydrogen-bond donors (Lipinski definition) is 1. The van der Waals surface area contributed by atoms with Crippen molar-refractivity contribution < 1.29 is 23.5 Å². The molecule has 0 bridgehead atoms. The maximum absolute atomic E-state index is 13.7. The molecule has 114 valence electrons. The van der Waals surface area contributed by atoms with Crippen LogP contribution >= 0.6 is 0 Å². The average molecular weight is 295 g/mol. The zero-order valence-electron chi connectivity index (χ0n) is 11.8. The topological polar surface area (TPSA) is 64.6 Å². The second-order valence-corrected chi connectivity index (χ2v) is 4.94. The number of carbonyl (C=O) groups is 2. The van der Waals surface area contributed by atoms with Gasteiger partial charge in [-0.1, -0.05) is 18.2 Å². The molecule has 1 saturated heterocycles. The van der Waals surface area contributed by atoms with Gasteiger partial charge in [0.05, 0.1) is 19.6 Å². The van der Waals surface area contributed by atoms with Crippen LogP contribution in [0.2, 0.25) is 0 Å². The summed E-state index contributed by atoms with van der Waals surface area (Å²) in [5, 5.41) is 2.63. The summed E-state index contributed by atoms with van der Waals surface area (Å²) in [6.07, 6.45) is 0.679. The Hall–Kier alpha value is -1.95. The summed E-state index contributed by atoms with van der Waals surface area (Å²) in [5.41, 5.74) is 0.357. The van der Waals surface area contributed by atoms with Gasteiger partial charge in [0.25, 0.3) is 0 Å². The standard InChI is InChI=1S/C15H18FNO4/c1-20-15(19)13(8-10-4-2-3-5-12(10)16)17-14(18)11-6-7-21-9-11/h2-5,11,13H,6-9H2,1H3,(H,17,18)/t11-,13+/m0/s1. The molecule has 5 nitrogen and oxygen atoms in total. The van der Waals surface area contributed by atoms with Gasteiger partial charge in [-0.25, -0.2) is 9.18 Å². The molecular formula is C15H18FNO4. The van der Waals surface area contributed by atoms with Crippen LogP contribution in [0.5, 0.6) is 0 Å². The molecule has 2 atom stereocenters. The minimum Gasteiger partial charge on any atom is -0.467 e. The summed E-state index contributed by atoms with van der Waals surface area (Å²) >= 11 is 0. The van der Waals surface area contributed by atoms with E-state index in [9.17, 15) is 14.0 Å². The van der Waals surface area contributed by atoms with Crippen LogP contribution in [0.1, 0.15) is 12.0 Å². The van der Waals surface area contributed by atoms with Crippen molar-refractivity contribution in [3.8, 4) is 0 Å². The predicted octanol–water partition coefficient (Wildman–Crippen LogP) is 1.06. The summed E-state index contributed by atoms with van der Waals surface area (Å²) in [6.45, 7) is 0.883. The number of ether oxygens (including phenoxy) is 2. The molecule has 1 fully saturated rings. The average Bonchev–Trinajstić information content (AvgIpc) is 3.02. The fourth-order valence-corrected chi connectivity index (χ4v) is 2.25. The van der Waals surface area contributed by atoms with Crippen molar-refractivity contribution in [2.24, 2.45) is 5.92 Å². The van der Waals surface area contributed by atoms with Crippen LogP contribution in [0, 0.1) is 11.7 Å². The van der Waals surface area contributed by atoms with Gasteiger partial charge in [0, 0.05) is 13.0 Å². The van der Waals surface area contributed by atoms with Crippen molar-refractivity contribution in [1.82, 2.24) is 5.32 Å². The van der Waals surface area contributed by atoms with Gasteiger partial charge in [0.15, 0.2) is 0 Å². The summed E-state index contributed by atoms with van der Waals surface area (Å²) in [7, 11) is 1.24. The van der Waals surface area contributed by atoms with Crippen LogP contribution in [0.3, 0.4) is 0 Å². The first kappa shape index (κ1) is 15.4. The van der Waals surface area contributed by atoms with Gasteiger partial charge in [0.1, 0.15) is 11.9 Å². The van der Waals surface area contributed by atoms with Crippen LogP contribution in [0.25, 0.3) is 0 Å². The number of carbonyl (C=O) groups excluding carboxylic acids is 2. The molecule has 1 amide bonds. The van der Waals surface area contributed by atoms with Gasteiger partial charge in [-0.05, 0) is 18.1 Å². The molecule has 0 saturated carbocycles. The molecule has 1 aliphatic rings. The van der Waals surface area contributed by atoms with Crippen LogP contribution in [-0.4, -0.2) is 38.2 Å². The molecule has 0 aliphatic carbocycles. The molecule has 0 aromatic heterocycles. The third kappa shape index (κ3) is 4.01. The summed E-state index contributed by atoms with van der Waals surface area (Å²) < 4.78 is 23.5. The summed E-state index contributed by atoms with van der Waals surface area (Å²) in [4.78, 5) is 23.8. The fraction of sp³-hybridized carbons (Fsp3) is 0.467. The predicted molar refractivity (Wildman–Crippen MR) is 73.0 cm³/mol. The second-order valence-electron chi connectivity index (χ2n) is 4.94. The van der Waals surface area contributed by atoms with Crippen molar-refractivity contribution >= 4 is 11.9 Å². The number of hydrogen-bond acceptors (Lipinski definition) is 4. The summed E-state index contributed by atoms with van der Waals surface area (Å²) in [5.74, 6) is -1.53. The van der Waals surface area contributed by atoms with Gasteiger partial charge in [-0.3, -0.25) is 4.79 Å². The molecule has 1 heterocycles. The largest absolute Gasteiger partial charge is 0.467 e. The lowest BCUT2D eigenvalue weighted by Gasteiger charge is -2.18. The van der Waals surface area contributed by atoms with Gasteiger partial charge >= 0.3 is 5.97 Å². The van der Waals surface area contributed by atoms with Crippen LogP contribution < -0.4 is 5.32 Å². The van der Waals surface area contributed by atoms with Crippen molar-refractivity contribution in [1.29, 1.82) is 0 Å². The van der Waals surface area contributed by atoms with E-state index < -0.39 is 17.8 Å². The van der Waals surface area contributed by atoms with E-state index in [4.69, 9.17) is 4.74 Å². The lowest BCUT2D eigenvalue weighted by molar-refractivity contribution is -0.145. The Morgan fingerprint density at radius 2 is 2.24 bits per heavy atom. The zero-order valence-corrected chi connectivity index (χ0v) is 11.8. The van der Waals surface area contributed by atoms with Crippen molar-refractivity contribution in [2.75, 3.05) is 20.3 Å². The van der Waals surface area contributed by atoms with Crippen molar-refractivity contribution in [3.63, 3.8) is 0 Å². The Morgan fingerprint density at radius 3 is 2.86 bits per heavy atom. The van der Waals surface area contributed by atoms with E-state index in [1.807, 2.05) is 0 Å². The van der Waals surface area contributed by atoms with E-state index in [1.54, 1.807) is 18.2 Å². The highest BCUT2D eigenvalue weighted by Crippen LogP contribution is 2.14. The molecule has 1 N–H and O–H groups in total. The fourth-order valence-electron chi connectivity index (χ4n) is 2.25.